The largest absolute Gasteiger partial charge is 0.480 e. The Morgan fingerprint density at radius 2 is 1.38 bits per heavy atom. The zero-order chi connectivity index (χ0) is 10.4. The third-order valence-corrected chi connectivity index (χ3v) is 1.36. The van der Waals surface area contributed by atoms with Crippen molar-refractivity contribution < 1.29 is 19.8 Å². The molecule has 0 fully saturated rings. The van der Waals surface area contributed by atoms with Crippen LogP contribution < -0.4 is 16.8 Å². The van der Waals surface area contributed by atoms with Gasteiger partial charge in [-0.1, -0.05) is 0 Å². The monoisotopic (exact) mass is 191 g/mol. The zero-order valence-electron chi connectivity index (χ0n) is 6.93. The third-order valence-electron chi connectivity index (χ3n) is 1.36. The molecule has 0 aliphatic carbocycles. The molecule has 7 heteroatoms. The SMILES string of the molecule is N[C@H](CNC[C@H](N)C(=O)O)C(=O)O. The highest BCUT2D eigenvalue weighted by Gasteiger charge is 2.13. The molecule has 0 aromatic heterocycles. The second-order valence-corrected chi connectivity index (χ2v) is 2.55. The summed E-state index contributed by atoms with van der Waals surface area (Å²) in [4.78, 5) is 20.4. The first-order valence-corrected chi connectivity index (χ1v) is 3.62. The molecule has 0 aromatic carbocycles. The van der Waals surface area contributed by atoms with Crippen LogP contribution in [-0.2, 0) is 9.59 Å². The Kier molecular flexibility index (Phi) is 4.97. The van der Waals surface area contributed by atoms with E-state index in [4.69, 9.17) is 21.7 Å². The topological polar surface area (TPSA) is 139 Å². The van der Waals surface area contributed by atoms with E-state index < -0.39 is 24.0 Å². The predicted octanol–water partition coefficient (Wildman–Crippen LogP) is -2.60. The van der Waals surface area contributed by atoms with Gasteiger partial charge in [-0.15, -0.1) is 0 Å². The van der Waals surface area contributed by atoms with E-state index in [2.05, 4.69) is 5.32 Å². The first-order chi connectivity index (χ1) is 5.95. The smallest absolute Gasteiger partial charge is 0.321 e. The molecule has 0 heterocycles. The van der Waals surface area contributed by atoms with E-state index >= 15 is 0 Å². The number of carboxylic acid groups (broad SMARTS) is 2. The lowest BCUT2D eigenvalue weighted by Gasteiger charge is -2.10. The van der Waals surface area contributed by atoms with E-state index in [0.29, 0.717) is 0 Å². The average Bonchev–Trinajstić information content (AvgIpc) is 2.03. The van der Waals surface area contributed by atoms with Crippen LogP contribution in [0.4, 0.5) is 0 Å². The van der Waals surface area contributed by atoms with Crippen molar-refractivity contribution >= 4 is 11.9 Å². The maximum Gasteiger partial charge on any atom is 0.321 e. The standard InChI is InChI=1S/C6H13N3O4/c7-3(5(10)11)1-9-2-4(8)6(12)13/h3-4,9H,1-2,7-8H2,(H,10,11)(H,12,13)/t3-,4+. The third kappa shape index (κ3) is 5.12. The van der Waals surface area contributed by atoms with Crippen molar-refractivity contribution in [2.45, 2.75) is 12.1 Å². The highest BCUT2D eigenvalue weighted by molar-refractivity contribution is 5.74. The normalized spacial score (nSPS) is 14.9. The molecule has 0 spiro atoms. The van der Waals surface area contributed by atoms with Gasteiger partial charge >= 0.3 is 11.9 Å². The Labute approximate surface area is 74.7 Å². The van der Waals surface area contributed by atoms with Gasteiger partial charge in [-0.2, -0.15) is 0 Å². The van der Waals surface area contributed by atoms with Gasteiger partial charge in [0.15, 0.2) is 0 Å². The maximum absolute atomic E-state index is 10.2. The Morgan fingerprint density at radius 1 is 1.08 bits per heavy atom. The zero-order valence-corrected chi connectivity index (χ0v) is 6.93. The van der Waals surface area contributed by atoms with Gasteiger partial charge in [0.25, 0.3) is 0 Å². The Morgan fingerprint density at radius 3 is 1.62 bits per heavy atom. The minimum atomic E-state index is -1.14. The van der Waals surface area contributed by atoms with Crippen molar-refractivity contribution in [1.29, 1.82) is 0 Å². The van der Waals surface area contributed by atoms with Crippen molar-refractivity contribution in [3.63, 3.8) is 0 Å². The lowest BCUT2D eigenvalue weighted by molar-refractivity contribution is -0.138. The van der Waals surface area contributed by atoms with Crippen molar-refractivity contribution in [3.05, 3.63) is 0 Å². The van der Waals surface area contributed by atoms with Crippen LogP contribution in [0.15, 0.2) is 0 Å². The minimum Gasteiger partial charge on any atom is -0.480 e. The van der Waals surface area contributed by atoms with Crippen LogP contribution in [-0.4, -0.2) is 47.3 Å². The number of hydrogen-bond donors (Lipinski definition) is 5. The number of nitrogens with two attached hydrogens (primary N) is 2. The number of carboxylic acids is 2. The van der Waals surface area contributed by atoms with Crippen molar-refractivity contribution in [1.82, 2.24) is 5.32 Å². The lowest BCUT2D eigenvalue weighted by atomic mass is 10.3. The number of hydrogen-bond acceptors (Lipinski definition) is 5. The van der Waals surface area contributed by atoms with E-state index in [1.807, 2.05) is 0 Å². The first kappa shape index (κ1) is 11.8. The molecule has 0 aliphatic heterocycles. The molecular weight excluding hydrogens is 178 g/mol. The average molecular weight is 191 g/mol. The van der Waals surface area contributed by atoms with Gasteiger partial charge in [-0.25, -0.2) is 0 Å². The molecule has 2 atom stereocenters. The summed E-state index contributed by atoms with van der Waals surface area (Å²) in [6.07, 6.45) is 0. The van der Waals surface area contributed by atoms with Crippen LogP contribution in [0.3, 0.4) is 0 Å². The number of carbonyl (C=O) groups is 2. The summed E-state index contributed by atoms with van der Waals surface area (Å²) in [5.74, 6) is -2.28. The predicted molar refractivity (Wildman–Crippen MR) is 44.1 cm³/mol. The molecule has 0 bridgehead atoms. The van der Waals surface area contributed by atoms with Crippen LogP contribution in [0.2, 0.25) is 0 Å². The number of aliphatic carboxylic acids is 2. The second kappa shape index (κ2) is 5.46. The summed E-state index contributed by atoms with van der Waals surface area (Å²) in [6, 6.07) is -2.08. The van der Waals surface area contributed by atoms with Crippen LogP contribution in [0.1, 0.15) is 0 Å². The van der Waals surface area contributed by atoms with Gasteiger partial charge in [0.1, 0.15) is 12.1 Å². The molecule has 0 aromatic rings. The van der Waals surface area contributed by atoms with E-state index in [0.717, 1.165) is 0 Å². The molecule has 0 saturated heterocycles. The van der Waals surface area contributed by atoms with Gasteiger partial charge < -0.3 is 27.0 Å². The number of nitrogens with one attached hydrogen (secondary N) is 1. The van der Waals surface area contributed by atoms with Crippen LogP contribution >= 0.6 is 0 Å². The van der Waals surface area contributed by atoms with E-state index in [9.17, 15) is 9.59 Å². The molecule has 0 saturated carbocycles. The second-order valence-electron chi connectivity index (χ2n) is 2.55. The highest BCUT2D eigenvalue weighted by atomic mass is 16.4. The molecule has 7 N–H and O–H groups in total. The molecule has 76 valence electrons. The molecule has 0 amide bonds. The molecule has 0 aliphatic rings. The van der Waals surface area contributed by atoms with Gasteiger partial charge in [0, 0.05) is 13.1 Å². The minimum absolute atomic E-state index is 0.00366. The summed E-state index contributed by atoms with van der Waals surface area (Å²) in [5, 5.41) is 19.2. The summed E-state index contributed by atoms with van der Waals surface area (Å²) in [5.41, 5.74) is 10.3. The van der Waals surface area contributed by atoms with Crippen LogP contribution in [0.5, 0.6) is 0 Å². The molecular formula is C6H13N3O4. The van der Waals surface area contributed by atoms with Gasteiger partial charge in [-0.05, 0) is 0 Å². The number of rotatable bonds is 6. The van der Waals surface area contributed by atoms with Crippen molar-refractivity contribution in [2.24, 2.45) is 11.5 Å². The fourth-order valence-corrected chi connectivity index (χ4v) is 0.569. The Hall–Kier alpha value is -1.18. The molecule has 7 nitrogen and oxygen atoms in total. The van der Waals surface area contributed by atoms with Crippen LogP contribution in [0, 0.1) is 0 Å². The Bertz CT molecular complexity index is 176. The maximum atomic E-state index is 10.2. The lowest BCUT2D eigenvalue weighted by Crippen LogP contribution is -2.46. The van der Waals surface area contributed by atoms with Crippen molar-refractivity contribution in [2.75, 3.05) is 13.1 Å². The van der Waals surface area contributed by atoms with Crippen LogP contribution in [0.25, 0.3) is 0 Å². The summed E-state index contributed by atoms with van der Waals surface area (Å²) in [7, 11) is 0. The fourth-order valence-electron chi connectivity index (χ4n) is 0.569. The summed E-state index contributed by atoms with van der Waals surface area (Å²) >= 11 is 0. The molecule has 0 rings (SSSR count). The Balaban J connectivity index is 3.56. The highest BCUT2D eigenvalue weighted by Crippen LogP contribution is 1.78. The van der Waals surface area contributed by atoms with Gasteiger partial charge in [0.2, 0.25) is 0 Å². The summed E-state index contributed by atoms with van der Waals surface area (Å²) in [6.45, 7) is -0.00731. The summed E-state index contributed by atoms with van der Waals surface area (Å²) < 4.78 is 0. The molecule has 0 unspecified atom stereocenters. The van der Waals surface area contributed by atoms with E-state index in [1.54, 1.807) is 0 Å². The first-order valence-electron chi connectivity index (χ1n) is 3.62. The molecule has 13 heavy (non-hydrogen) atoms. The fraction of sp³-hybridized carbons (Fsp3) is 0.667. The van der Waals surface area contributed by atoms with E-state index in [-0.39, 0.29) is 13.1 Å². The quantitative estimate of drug-likeness (QED) is 0.310. The van der Waals surface area contributed by atoms with Gasteiger partial charge in [0.05, 0.1) is 0 Å². The van der Waals surface area contributed by atoms with Gasteiger partial charge in [-0.3, -0.25) is 9.59 Å². The van der Waals surface area contributed by atoms with Crippen molar-refractivity contribution in [3.8, 4) is 0 Å². The van der Waals surface area contributed by atoms with E-state index in [1.165, 1.54) is 0 Å². The molecule has 0 radical (unpaired) electrons.